The topological polar surface area (TPSA) is 104 Å². The average molecular weight is 499 g/mol. The second-order valence-corrected chi connectivity index (χ2v) is 8.59. The summed E-state index contributed by atoms with van der Waals surface area (Å²) < 4.78 is 0. The van der Waals surface area contributed by atoms with Crippen LogP contribution in [0.5, 0.6) is 0 Å². The summed E-state index contributed by atoms with van der Waals surface area (Å²) in [5.74, 6) is -1.32. The Kier molecular flexibility index (Phi) is 8.21. The number of benzene rings is 3. The number of carbonyl (C=O) groups is 2. The molecule has 0 saturated carbocycles. The second-order valence-electron chi connectivity index (χ2n) is 7.75. The van der Waals surface area contributed by atoms with Crippen LogP contribution in [-0.2, 0) is 16.1 Å². The number of hydrogen-bond acceptors (Lipinski definition) is 5. The molecular formula is C25H20Cl2N2O5. The van der Waals surface area contributed by atoms with E-state index in [1.807, 2.05) is 30.3 Å². The van der Waals surface area contributed by atoms with Crippen LogP contribution in [0, 0.1) is 0 Å². The van der Waals surface area contributed by atoms with Crippen molar-refractivity contribution in [1.82, 2.24) is 4.90 Å². The molecule has 0 radical (unpaired) electrons. The molecule has 0 saturated heterocycles. The summed E-state index contributed by atoms with van der Waals surface area (Å²) in [6.07, 6.45) is 0.250. The molecular weight excluding hydrogens is 479 g/mol. The molecule has 0 aliphatic carbocycles. The van der Waals surface area contributed by atoms with Gasteiger partial charge < -0.3 is 15.3 Å². The van der Waals surface area contributed by atoms with E-state index in [0.29, 0.717) is 15.7 Å². The first kappa shape index (κ1) is 25.1. The minimum absolute atomic E-state index is 0.0698. The number of rotatable bonds is 4. The normalized spacial score (nSPS) is 14.7. The van der Waals surface area contributed by atoms with E-state index >= 15 is 0 Å². The van der Waals surface area contributed by atoms with Crippen LogP contribution in [0.25, 0.3) is 0 Å². The Balaban J connectivity index is 0.00000103. The Hall–Kier alpha value is -3.48. The zero-order chi connectivity index (χ0) is 24.8. The predicted octanol–water partition coefficient (Wildman–Crippen LogP) is 4.94. The lowest BCUT2D eigenvalue weighted by molar-refractivity contribution is -0.191. The van der Waals surface area contributed by atoms with Crippen molar-refractivity contribution in [3.63, 3.8) is 0 Å². The lowest BCUT2D eigenvalue weighted by Gasteiger charge is -2.33. The van der Waals surface area contributed by atoms with Gasteiger partial charge in [0.05, 0.1) is 5.56 Å². The van der Waals surface area contributed by atoms with Crippen molar-refractivity contribution < 1.29 is 24.3 Å². The number of likely N-dealkylation sites (N-methyl/N-ethyl adjacent to an activating group) is 1. The monoisotopic (exact) mass is 498 g/mol. The van der Waals surface area contributed by atoms with Gasteiger partial charge >= 0.3 is 12.1 Å². The van der Waals surface area contributed by atoms with Gasteiger partial charge in [-0.15, -0.1) is 0 Å². The van der Waals surface area contributed by atoms with Gasteiger partial charge in [-0.1, -0.05) is 41.4 Å². The van der Waals surface area contributed by atoms with Crippen LogP contribution < -0.4 is 5.32 Å². The van der Waals surface area contributed by atoms with Crippen LogP contribution in [0.1, 0.15) is 43.3 Å². The Morgan fingerprint density at radius 2 is 1.68 bits per heavy atom. The Labute approximate surface area is 205 Å². The lowest BCUT2D eigenvalue weighted by atomic mass is 9.84. The van der Waals surface area contributed by atoms with Crippen LogP contribution >= 0.6 is 23.2 Å². The molecule has 0 bridgehead atoms. The molecule has 1 aliphatic rings. The van der Waals surface area contributed by atoms with Crippen molar-refractivity contribution in [1.29, 1.82) is 0 Å². The summed E-state index contributed by atoms with van der Waals surface area (Å²) in [7, 11) is 2.06. The van der Waals surface area contributed by atoms with Crippen molar-refractivity contribution >= 4 is 46.9 Å². The molecule has 3 aromatic carbocycles. The third kappa shape index (κ3) is 5.90. The van der Waals surface area contributed by atoms with Crippen molar-refractivity contribution in [2.45, 2.75) is 12.5 Å². The molecule has 0 fully saturated rings. The smallest absolute Gasteiger partial charge is 0.373 e. The maximum Gasteiger partial charge on any atom is 0.373 e. The highest BCUT2D eigenvalue weighted by atomic mass is 35.5. The maximum absolute atomic E-state index is 12.5. The molecule has 1 aliphatic heterocycles. The van der Waals surface area contributed by atoms with E-state index in [0.717, 1.165) is 29.8 Å². The van der Waals surface area contributed by atoms with Crippen molar-refractivity contribution in [2.24, 2.45) is 0 Å². The first-order valence-electron chi connectivity index (χ1n) is 10.1. The molecule has 1 heterocycles. The predicted molar refractivity (Wildman–Crippen MR) is 127 cm³/mol. The van der Waals surface area contributed by atoms with E-state index in [4.69, 9.17) is 37.9 Å². The van der Waals surface area contributed by atoms with Crippen LogP contribution in [0.4, 0.5) is 5.69 Å². The first-order chi connectivity index (χ1) is 16.2. The largest absolute Gasteiger partial charge is 0.478 e. The Morgan fingerprint density at radius 3 is 2.32 bits per heavy atom. The van der Waals surface area contributed by atoms with Crippen LogP contribution in [0.3, 0.4) is 0 Å². The number of nitrogens with zero attached hydrogens (tertiary/aromatic N) is 1. The molecule has 3 aromatic rings. The molecule has 1 atom stereocenters. The Morgan fingerprint density at radius 1 is 1.03 bits per heavy atom. The van der Waals surface area contributed by atoms with E-state index in [1.54, 1.807) is 18.2 Å². The summed E-state index contributed by atoms with van der Waals surface area (Å²) in [6, 6.07) is 17.3. The molecule has 174 valence electrons. The third-order valence-electron chi connectivity index (χ3n) is 5.44. The number of hydrogen-bond donors (Lipinski definition) is 2. The summed E-state index contributed by atoms with van der Waals surface area (Å²) in [4.78, 5) is 42.1. The quantitative estimate of drug-likeness (QED) is 0.527. The van der Waals surface area contributed by atoms with E-state index in [1.165, 1.54) is 12.1 Å². The summed E-state index contributed by atoms with van der Waals surface area (Å²) in [5, 5.41) is 13.2. The van der Waals surface area contributed by atoms with Crippen LogP contribution in [-0.4, -0.2) is 41.6 Å². The minimum atomic E-state index is -1.07. The number of carbonyl (C=O) groups excluding carboxylic acids is 3. The third-order valence-corrected chi connectivity index (χ3v) is 5.99. The van der Waals surface area contributed by atoms with Crippen molar-refractivity contribution in [3.8, 4) is 0 Å². The van der Waals surface area contributed by atoms with Gasteiger partial charge in [0, 0.05) is 40.3 Å². The summed E-state index contributed by atoms with van der Waals surface area (Å²) in [6.45, 7) is 1.60. The fraction of sp³-hybridized carbons (Fsp3) is 0.160. The average Bonchev–Trinajstić information content (AvgIpc) is 2.80. The molecule has 4 rings (SSSR count). The van der Waals surface area contributed by atoms with Crippen molar-refractivity contribution in [3.05, 3.63) is 98.5 Å². The minimum Gasteiger partial charge on any atom is -0.478 e. The van der Waals surface area contributed by atoms with Gasteiger partial charge in [0.25, 0.3) is 5.91 Å². The maximum atomic E-state index is 12.5. The van der Waals surface area contributed by atoms with E-state index < -0.39 is 5.97 Å². The molecule has 0 spiro atoms. The highest BCUT2D eigenvalue weighted by Crippen LogP contribution is 2.38. The van der Waals surface area contributed by atoms with Gasteiger partial charge in [-0.3, -0.25) is 4.79 Å². The van der Waals surface area contributed by atoms with Crippen molar-refractivity contribution in [2.75, 3.05) is 18.9 Å². The number of nitrogens with one attached hydrogen (secondary N) is 1. The number of carboxylic acids is 1. The fourth-order valence-electron chi connectivity index (χ4n) is 3.93. The van der Waals surface area contributed by atoms with Gasteiger partial charge in [-0.05, 0) is 66.2 Å². The lowest BCUT2D eigenvalue weighted by Crippen LogP contribution is -2.31. The van der Waals surface area contributed by atoms with Gasteiger partial charge in [0.2, 0.25) is 0 Å². The number of halogens is 2. The number of anilines is 1. The van der Waals surface area contributed by atoms with Gasteiger partial charge in [-0.2, -0.15) is 9.59 Å². The zero-order valence-electron chi connectivity index (χ0n) is 18.0. The van der Waals surface area contributed by atoms with E-state index in [-0.39, 0.29) is 29.1 Å². The number of carboxylic acid groups (broad SMARTS) is 1. The molecule has 2 N–H and O–H groups in total. The molecule has 1 amide bonds. The molecule has 7 nitrogen and oxygen atoms in total. The first-order valence-corrected chi connectivity index (χ1v) is 10.9. The molecule has 0 aromatic heterocycles. The summed E-state index contributed by atoms with van der Waals surface area (Å²) >= 11 is 12.7. The van der Waals surface area contributed by atoms with Gasteiger partial charge in [-0.25, -0.2) is 4.79 Å². The van der Waals surface area contributed by atoms with Gasteiger partial charge in [0.15, 0.2) is 0 Å². The van der Waals surface area contributed by atoms with E-state index in [9.17, 15) is 9.59 Å². The highest BCUT2D eigenvalue weighted by Gasteiger charge is 2.27. The SMILES string of the molecule is CN1Cc2c(Cl)cc(Cl)cc2C(c2ccc(NC(=O)c3cccc(C(=O)O)c3)cc2)C1.O=C=O. The highest BCUT2D eigenvalue weighted by molar-refractivity contribution is 6.35. The zero-order valence-corrected chi connectivity index (χ0v) is 19.6. The fourth-order valence-corrected chi connectivity index (χ4v) is 4.49. The molecule has 1 unspecified atom stereocenters. The number of aromatic carboxylic acids is 1. The van der Waals surface area contributed by atoms with E-state index in [2.05, 4.69) is 17.3 Å². The van der Waals surface area contributed by atoms with Crippen LogP contribution in [0.15, 0.2) is 60.7 Å². The number of fused-ring (bicyclic) bond motifs is 1. The van der Waals surface area contributed by atoms with Crippen LogP contribution in [0.2, 0.25) is 10.0 Å². The molecule has 34 heavy (non-hydrogen) atoms. The summed E-state index contributed by atoms with van der Waals surface area (Å²) in [5.41, 5.74) is 4.29. The standard InChI is InChI=1S/C24H20Cl2N2O3.CO2/c1-28-12-20(19-10-17(25)11-22(26)21(19)13-28)14-5-7-18(8-6-14)27-23(29)15-3-2-4-16(9-15)24(30)31;2-1-3/h2-11,20H,12-13H2,1H3,(H,27,29)(H,30,31);. The molecule has 9 heteroatoms. The van der Waals surface area contributed by atoms with Gasteiger partial charge in [0.1, 0.15) is 0 Å². The number of amides is 1. The Bertz CT molecular complexity index is 1250. The second kappa shape index (κ2) is 11.1.